The van der Waals surface area contributed by atoms with Gasteiger partial charge in [0.1, 0.15) is 5.82 Å². The minimum absolute atomic E-state index is 0.467. The largest absolute Gasteiger partial charge is 0.389 e. The van der Waals surface area contributed by atoms with Crippen molar-refractivity contribution in [3.8, 4) is 6.07 Å². The Hall–Kier alpha value is -1.60. The molecule has 0 fully saturated rings. The highest BCUT2D eigenvalue weighted by Crippen LogP contribution is 2.13. The third-order valence-electron chi connectivity index (χ3n) is 1.89. The molecule has 0 radical (unpaired) electrons. The molecule has 0 bridgehead atoms. The van der Waals surface area contributed by atoms with E-state index in [2.05, 4.69) is 11.1 Å². The van der Waals surface area contributed by atoms with Gasteiger partial charge in [-0.05, 0) is 26.0 Å². The van der Waals surface area contributed by atoms with Crippen LogP contribution in [-0.2, 0) is 0 Å². The van der Waals surface area contributed by atoms with Crippen LogP contribution in [0.15, 0.2) is 18.3 Å². The topological polar surface area (TPSA) is 60.1 Å². The molecule has 0 amide bonds. The smallest absolute Gasteiger partial charge is 0.129 e. The predicted molar refractivity (Wildman–Crippen MR) is 58.5 cm³/mol. The van der Waals surface area contributed by atoms with Crippen molar-refractivity contribution in [2.24, 2.45) is 0 Å². The van der Waals surface area contributed by atoms with E-state index in [1.54, 1.807) is 32.2 Å². The van der Waals surface area contributed by atoms with Gasteiger partial charge in [0, 0.05) is 19.8 Å². The van der Waals surface area contributed by atoms with Gasteiger partial charge in [0.15, 0.2) is 0 Å². The lowest BCUT2D eigenvalue weighted by Crippen LogP contribution is -2.36. The monoisotopic (exact) mass is 205 g/mol. The second-order valence-electron chi connectivity index (χ2n) is 4.18. The standard InChI is InChI=1S/C11H15N3O/c1-11(2,15)8-14(3)10-6-9(7-12)4-5-13-10/h4-6,15H,8H2,1-3H3. The lowest BCUT2D eigenvalue weighted by Gasteiger charge is -2.26. The van der Waals surface area contributed by atoms with E-state index in [9.17, 15) is 5.11 Å². The number of pyridine rings is 1. The molecule has 0 atom stereocenters. The van der Waals surface area contributed by atoms with Crippen LogP contribution in [0.25, 0.3) is 0 Å². The lowest BCUT2D eigenvalue weighted by atomic mass is 10.1. The van der Waals surface area contributed by atoms with Crippen LogP contribution in [0.3, 0.4) is 0 Å². The number of rotatable bonds is 3. The molecule has 0 aromatic carbocycles. The second kappa shape index (κ2) is 4.28. The molecule has 80 valence electrons. The molecule has 1 rings (SSSR count). The number of aromatic nitrogens is 1. The molecule has 4 heteroatoms. The van der Waals surface area contributed by atoms with Crippen molar-refractivity contribution in [3.63, 3.8) is 0 Å². The minimum Gasteiger partial charge on any atom is -0.389 e. The molecule has 1 aromatic rings. The van der Waals surface area contributed by atoms with E-state index in [0.29, 0.717) is 17.9 Å². The first kappa shape index (κ1) is 11.5. The van der Waals surface area contributed by atoms with Gasteiger partial charge >= 0.3 is 0 Å². The first-order valence-electron chi connectivity index (χ1n) is 4.72. The third kappa shape index (κ3) is 3.56. The van der Waals surface area contributed by atoms with Gasteiger partial charge in [0.2, 0.25) is 0 Å². The van der Waals surface area contributed by atoms with E-state index >= 15 is 0 Å². The molecule has 0 aliphatic carbocycles. The Morgan fingerprint density at radius 1 is 1.60 bits per heavy atom. The Kier molecular flexibility index (Phi) is 3.28. The maximum absolute atomic E-state index is 9.64. The third-order valence-corrected chi connectivity index (χ3v) is 1.89. The van der Waals surface area contributed by atoms with Crippen LogP contribution < -0.4 is 4.90 Å². The summed E-state index contributed by atoms with van der Waals surface area (Å²) >= 11 is 0. The fraction of sp³-hybridized carbons (Fsp3) is 0.455. The molecule has 0 spiro atoms. The van der Waals surface area contributed by atoms with E-state index in [1.807, 2.05) is 11.9 Å². The molecule has 0 saturated carbocycles. The van der Waals surface area contributed by atoms with Crippen LogP contribution in [0.4, 0.5) is 5.82 Å². The molecule has 15 heavy (non-hydrogen) atoms. The van der Waals surface area contributed by atoms with Gasteiger partial charge in [-0.3, -0.25) is 0 Å². The maximum Gasteiger partial charge on any atom is 0.129 e. The van der Waals surface area contributed by atoms with Crippen LogP contribution in [-0.4, -0.2) is 29.3 Å². The molecule has 1 N–H and O–H groups in total. The lowest BCUT2D eigenvalue weighted by molar-refractivity contribution is 0.0884. The number of hydrogen-bond donors (Lipinski definition) is 1. The summed E-state index contributed by atoms with van der Waals surface area (Å²) in [4.78, 5) is 5.96. The van der Waals surface area contributed by atoms with Crippen molar-refractivity contribution >= 4 is 5.82 Å². The van der Waals surface area contributed by atoms with E-state index in [4.69, 9.17) is 5.26 Å². The highest BCUT2D eigenvalue weighted by molar-refractivity contribution is 5.44. The van der Waals surface area contributed by atoms with Gasteiger partial charge in [-0.25, -0.2) is 4.98 Å². The Morgan fingerprint density at radius 2 is 2.27 bits per heavy atom. The van der Waals surface area contributed by atoms with E-state index in [1.165, 1.54) is 0 Å². The summed E-state index contributed by atoms with van der Waals surface area (Å²) in [5.74, 6) is 0.691. The molecule has 4 nitrogen and oxygen atoms in total. The molecular weight excluding hydrogens is 190 g/mol. The molecule has 0 unspecified atom stereocenters. The van der Waals surface area contributed by atoms with Gasteiger partial charge in [-0.1, -0.05) is 0 Å². The molecule has 1 aromatic heterocycles. The Labute approximate surface area is 89.8 Å². The summed E-state index contributed by atoms with van der Waals surface area (Å²) in [6.07, 6.45) is 1.59. The second-order valence-corrected chi connectivity index (χ2v) is 4.18. The van der Waals surface area contributed by atoms with Crippen LogP contribution >= 0.6 is 0 Å². The first-order valence-corrected chi connectivity index (χ1v) is 4.72. The quantitative estimate of drug-likeness (QED) is 0.804. The van der Waals surface area contributed by atoms with Crippen LogP contribution in [0.5, 0.6) is 0 Å². The summed E-state index contributed by atoms with van der Waals surface area (Å²) in [5.41, 5.74) is -0.207. The predicted octanol–water partition coefficient (Wildman–Crippen LogP) is 1.16. The summed E-state index contributed by atoms with van der Waals surface area (Å²) in [6, 6.07) is 5.41. The van der Waals surface area contributed by atoms with E-state index in [0.717, 1.165) is 0 Å². The summed E-state index contributed by atoms with van der Waals surface area (Å²) < 4.78 is 0. The van der Waals surface area contributed by atoms with Crippen LogP contribution in [0.2, 0.25) is 0 Å². The number of anilines is 1. The van der Waals surface area contributed by atoms with Crippen molar-refractivity contribution in [2.75, 3.05) is 18.5 Å². The molecular formula is C11H15N3O. The van der Waals surface area contributed by atoms with Crippen molar-refractivity contribution in [3.05, 3.63) is 23.9 Å². The SMILES string of the molecule is CN(CC(C)(C)O)c1cc(C#N)ccn1. The average Bonchev–Trinajstić information content (AvgIpc) is 2.15. The number of hydrogen-bond acceptors (Lipinski definition) is 4. The fourth-order valence-corrected chi connectivity index (χ4v) is 1.36. The maximum atomic E-state index is 9.64. The zero-order valence-electron chi connectivity index (χ0n) is 9.23. The van der Waals surface area contributed by atoms with Gasteiger partial charge < -0.3 is 10.0 Å². The molecule has 0 aliphatic heterocycles. The normalized spacial score (nSPS) is 10.9. The van der Waals surface area contributed by atoms with Gasteiger partial charge in [-0.2, -0.15) is 5.26 Å². The summed E-state index contributed by atoms with van der Waals surface area (Å²) in [7, 11) is 1.83. The fourth-order valence-electron chi connectivity index (χ4n) is 1.36. The van der Waals surface area contributed by atoms with Gasteiger partial charge in [0.05, 0.1) is 17.2 Å². The Balaban J connectivity index is 2.83. The molecule has 1 heterocycles. The minimum atomic E-state index is -0.779. The zero-order valence-corrected chi connectivity index (χ0v) is 9.23. The van der Waals surface area contributed by atoms with Gasteiger partial charge in [-0.15, -0.1) is 0 Å². The van der Waals surface area contributed by atoms with E-state index < -0.39 is 5.60 Å². The molecule has 0 aliphatic rings. The summed E-state index contributed by atoms with van der Waals surface area (Å²) in [6.45, 7) is 3.93. The number of likely N-dealkylation sites (N-methyl/N-ethyl adjacent to an activating group) is 1. The summed E-state index contributed by atoms with van der Waals surface area (Å²) in [5, 5.41) is 18.4. The van der Waals surface area contributed by atoms with Gasteiger partial charge in [0.25, 0.3) is 0 Å². The van der Waals surface area contributed by atoms with Crippen molar-refractivity contribution in [1.29, 1.82) is 5.26 Å². The van der Waals surface area contributed by atoms with Crippen molar-refractivity contribution < 1.29 is 5.11 Å². The number of nitrogens with zero attached hydrogens (tertiary/aromatic N) is 3. The van der Waals surface area contributed by atoms with E-state index in [-0.39, 0.29) is 0 Å². The Bertz CT molecular complexity index is 376. The highest BCUT2D eigenvalue weighted by Gasteiger charge is 2.16. The van der Waals surface area contributed by atoms with Crippen LogP contribution in [0, 0.1) is 11.3 Å². The molecule has 0 saturated heterocycles. The number of nitriles is 1. The van der Waals surface area contributed by atoms with Crippen LogP contribution in [0.1, 0.15) is 19.4 Å². The average molecular weight is 205 g/mol. The zero-order chi connectivity index (χ0) is 11.5. The van der Waals surface area contributed by atoms with Crippen molar-refractivity contribution in [1.82, 2.24) is 4.98 Å². The Morgan fingerprint density at radius 3 is 2.80 bits per heavy atom. The van der Waals surface area contributed by atoms with Crippen molar-refractivity contribution in [2.45, 2.75) is 19.4 Å². The highest BCUT2D eigenvalue weighted by atomic mass is 16.3. The number of aliphatic hydroxyl groups is 1. The first-order chi connectivity index (χ1) is 6.92.